The minimum Gasteiger partial charge on any atom is -0.465 e. The van der Waals surface area contributed by atoms with Crippen molar-refractivity contribution in [3.8, 4) is 17.6 Å². The highest BCUT2D eigenvalue weighted by Gasteiger charge is 2.33. The van der Waals surface area contributed by atoms with E-state index in [2.05, 4.69) is 16.6 Å². The van der Waals surface area contributed by atoms with Gasteiger partial charge in [-0.05, 0) is 30.9 Å². The number of ketones is 1. The van der Waals surface area contributed by atoms with Gasteiger partial charge in [0, 0.05) is 6.54 Å². The third kappa shape index (κ3) is 4.39. The number of halogens is 3. The van der Waals surface area contributed by atoms with Gasteiger partial charge >= 0.3 is 12.5 Å². The van der Waals surface area contributed by atoms with Crippen LogP contribution in [0.2, 0.25) is 0 Å². The first-order chi connectivity index (χ1) is 10.8. The molecule has 1 heterocycles. The van der Waals surface area contributed by atoms with Crippen LogP contribution in [0.5, 0.6) is 5.75 Å². The molecule has 2 rings (SSSR count). The number of alkyl halides is 3. The van der Waals surface area contributed by atoms with Crippen molar-refractivity contribution in [2.45, 2.75) is 25.2 Å². The zero-order valence-electron chi connectivity index (χ0n) is 11.8. The van der Waals surface area contributed by atoms with Crippen LogP contribution in [0.4, 0.5) is 18.0 Å². The molecule has 1 aromatic carbocycles. The largest absolute Gasteiger partial charge is 0.573 e. The van der Waals surface area contributed by atoms with Crippen molar-refractivity contribution < 1.29 is 32.6 Å². The summed E-state index contributed by atoms with van der Waals surface area (Å²) in [5, 5.41) is 8.97. The first-order valence-electron chi connectivity index (χ1n) is 6.68. The van der Waals surface area contributed by atoms with Crippen LogP contribution < -0.4 is 4.74 Å². The van der Waals surface area contributed by atoms with Gasteiger partial charge in [-0.1, -0.05) is 18.1 Å². The summed E-state index contributed by atoms with van der Waals surface area (Å²) >= 11 is 0. The molecule has 1 aliphatic heterocycles. The molecule has 1 saturated heterocycles. The number of carboxylic acid groups (broad SMARTS) is 1. The predicted octanol–water partition coefficient (Wildman–Crippen LogP) is 2.65. The van der Waals surface area contributed by atoms with E-state index in [1.807, 2.05) is 0 Å². The summed E-state index contributed by atoms with van der Waals surface area (Å²) in [6.45, 7) is 0.237. The van der Waals surface area contributed by atoms with Gasteiger partial charge in [-0.3, -0.25) is 9.69 Å². The van der Waals surface area contributed by atoms with Crippen molar-refractivity contribution in [1.82, 2.24) is 4.90 Å². The standard InChI is InChI=1S/C15H12F3NO4/c16-15(17,18)23-13-6-2-1-4-10(13)7-8-12(20)11-5-3-9-19(11)14(21)22/h1-2,4,6,11H,3,5,9H2,(H,21,22)/t11-/m0/s1. The van der Waals surface area contributed by atoms with Gasteiger partial charge in [-0.2, -0.15) is 0 Å². The van der Waals surface area contributed by atoms with Crippen LogP contribution in [0.15, 0.2) is 24.3 Å². The molecule has 23 heavy (non-hydrogen) atoms. The molecule has 0 bridgehead atoms. The molecule has 0 aliphatic carbocycles. The molecule has 1 fully saturated rings. The Bertz CT molecular complexity index is 675. The molecule has 5 nitrogen and oxygen atoms in total. The van der Waals surface area contributed by atoms with E-state index in [0.29, 0.717) is 12.8 Å². The number of amides is 1. The lowest BCUT2D eigenvalue weighted by molar-refractivity contribution is -0.274. The normalized spacial score (nSPS) is 17.3. The lowest BCUT2D eigenvalue weighted by atomic mass is 10.1. The summed E-state index contributed by atoms with van der Waals surface area (Å²) in [5.74, 6) is 3.38. The number of benzene rings is 1. The van der Waals surface area contributed by atoms with Crippen molar-refractivity contribution in [3.63, 3.8) is 0 Å². The van der Waals surface area contributed by atoms with Gasteiger partial charge in [0.05, 0.1) is 5.56 Å². The highest BCUT2D eigenvalue weighted by Crippen LogP contribution is 2.25. The Morgan fingerprint density at radius 2 is 2.00 bits per heavy atom. The minimum atomic E-state index is -4.87. The molecule has 0 unspecified atom stereocenters. The maximum absolute atomic E-state index is 12.3. The number of carbonyl (C=O) groups is 2. The Kier molecular flexibility index (Phi) is 4.79. The van der Waals surface area contributed by atoms with Crippen LogP contribution in [-0.4, -0.2) is 40.8 Å². The monoisotopic (exact) mass is 327 g/mol. The molecule has 1 aromatic rings. The Hall–Kier alpha value is -2.69. The fourth-order valence-corrected chi connectivity index (χ4v) is 2.26. The summed E-state index contributed by atoms with van der Waals surface area (Å²) in [6.07, 6.45) is -5.20. The Balaban J connectivity index is 2.19. The van der Waals surface area contributed by atoms with Gasteiger partial charge < -0.3 is 9.84 Å². The number of carbonyl (C=O) groups excluding carboxylic acids is 1. The number of nitrogens with zero attached hydrogens (tertiary/aromatic N) is 1. The molecule has 0 spiro atoms. The van der Waals surface area contributed by atoms with Gasteiger partial charge in [0.2, 0.25) is 5.78 Å². The van der Waals surface area contributed by atoms with E-state index in [-0.39, 0.29) is 12.1 Å². The predicted molar refractivity (Wildman–Crippen MR) is 72.8 cm³/mol. The van der Waals surface area contributed by atoms with E-state index in [1.54, 1.807) is 0 Å². The second kappa shape index (κ2) is 6.60. The van der Waals surface area contributed by atoms with Crippen molar-refractivity contribution in [1.29, 1.82) is 0 Å². The number of ether oxygens (including phenoxy) is 1. The number of para-hydroxylation sites is 1. The van der Waals surface area contributed by atoms with E-state index in [1.165, 1.54) is 18.2 Å². The molecule has 0 saturated carbocycles. The van der Waals surface area contributed by atoms with Crippen molar-refractivity contribution >= 4 is 11.9 Å². The van der Waals surface area contributed by atoms with Crippen LogP contribution in [0.1, 0.15) is 18.4 Å². The second-order valence-electron chi connectivity index (χ2n) is 4.79. The fraction of sp³-hybridized carbons (Fsp3) is 0.333. The molecule has 122 valence electrons. The highest BCUT2D eigenvalue weighted by molar-refractivity contribution is 6.01. The minimum absolute atomic E-state index is 0.0990. The van der Waals surface area contributed by atoms with E-state index >= 15 is 0 Å². The van der Waals surface area contributed by atoms with Crippen LogP contribution in [-0.2, 0) is 4.79 Å². The zero-order chi connectivity index (χ0) is 17.0. The summed E-state index contributed by atoms with van der Waals surface area (Å²) in [4.78, 5) is 24.0. The summed E-state index contributed by atoms with van der Waals surface area (Å²) in [6, 6.07) is 4.29. The third-order valence-corrected chi connectivity index (χ3v) is 3.23. The maximum atomic E-state index is 12.3. The molecule has 8 heteroatoms. The molecule has 0 radical (unpaired) electrons. The van der Waals surface area contributed by atoms with Gasteiger partial charge in [0.1, 0.15) is 11.8 Å². The zero-order valence-corrected chi connectivity index (χ0v) is 11.8. The Morgan fingerprint density at radius 1 is 1.30 bits per heavy atom. The van der Waals surface area contributed by atoms with Gasteiger partial charge in [-0.15, -0.1) is 13.2 Å². The molecular weight excluding hydrogens is 315 g/mol. The lowest BCUT2D eigenvalue weighted by Crippen LogP contribution is -2.39. The number of Topliss-reactive ketones (excluding diaryl/α,β-unsaturated/α-hetero) is 1. The summed E-state index contributed by atoms with van der Waals surface area (Å²) in [5.41, 5.74) is -0.0990. The van der Waals surface area contributed by atoms with E-state index in [4.69, 9.17) is 5.11 Å². The van der Waals surface area contributed by atoms with Gasteiger partial charge in [0.25, 0.3) is 0 Å². The number of hydrogen-bond acceptors (Lipinski definition) is 3. The van der Waals surface area contributed by atoms with Gasteiger partial charge in [-0.25, -0.2) is 4.79 Å². The van der Waals surface area contributed by atoms with Crippen molar-refractivity contribution in [2.24, 2.45) is 0 Å². The average molecular weight is 327 g/mol. The van der Waals surface area contributed by atoms with Crippen molar-refractivity contribution in [3.05, 3.63) is 29.8 Å². The van der Waals surface area contributed by atoms with E-state index < -0.39 is 30.0 Å². The number of rotatable bonds is 2. The number of hydrogen-bond donors (Lipinski definition) is 1. The SMILES string of the molecule is O=C(C#Cc1ccccc1OC(F)(F)F)[C@@H]1CCCN1C(=O)O. The molecule has 1 atom stereocenters. The Morgan fingerprint density at radius 3 is 2.65 bits per heavy atom. The fourth-order valence-electron chi connectivity index (χ4n) is 2.26. The topological polar surface area (TPSA) is 66.8 Å². The summed E-state index contributed by atoms with van der Waals surface area (Å²) in [7, 11) is 0. The first-order valence-corrected chi connectivity index (χ1v) is 6.68. The third-order valence-electron chi connectivity index (χ3n) is 3.23. The molecule has 1 aliphatic rings. The molecule has 1 amide bonds. The van der Waals surface area contributed by atoms with Crippen molar-refractivity contribution in [2.75, 3.05) is 6.54 Å². The summed E-state index contributed by atoms with van der Waals surface area (Å²) < 4.78 is 40.7. The van der Waals surface area contributed by atoms with Crippen LogP contribution in [0, 0.1) is 11.8 Å². The van der Waals surface area contributed by atoms with Gasteiger partial charge in [0.15, 0.2) is 0 Å². The average Bonchev–Trinajstić information content (AvgIpc) is 2.94. The number of likely N-dealkylation sites (tertiary alicyclic amines) is 1. The molecular formula is C15H12F3NO4. The van der Waals surface area contributed by atoms with Crippen LogP contribution in [0.25, 0.3) is 0 Å². The smallest absolute Gasteiger partial charge is 0.465 e. The van der Waals surface area contributed by atoms with E-state index in [9.17, 15) is 22.8 Å². The maximum Gasteiger partial charge on any atom is 0.573 e. The second-order valence-corrected chi connectivity index (χ2v) is 4.79. The molecule has 0 aromatic heterocycles. The first kappa shape index (κ1) is 16.7. The quantitative estimate of drug-likeness (QED) is 0.848. The lowest BCUT2D eigenvalue weighted by Gasteiger charge is -2.17. The van der Waals surface area contributed by atoms with Crippen LogP contribution in [0.3, 0.4) is 0 Å². The molecule has 1 N–H and O–H groups in total. The van der Waals surface area contributed by atoms with E-state index in [0.717, 1.165) is 11.0 Å². The highest BCUT2D eigenvalue weighted by atomic mass is 19.4. The Labute approximate surface area is 129 Å². The van der Waals surface area contributed by atoms with Crippen LogP contribution >= 0.6 is 0 Å².